The van der Waals surface area contributed by atoms with Gasteiger partial charge in [0, 0.05) is 54.1 Å². The fraction of sp³-hybridized carbons (Fsp3) is 0.0133. The van der Waals surface area contributed by atoms with Gasteiger partial charge in [-0.15, -0.1) is 0 Å². The number of fused-ring (bicyclic) bond motifs is 9. The molecule has 0 aliphatic heterocycles. The molecule has 83 heavy (non-hydrogen) atoms. The van der Waals surface area contributed by atoms with Crippen molar-refractivity contribution in [2.45, 2.75) is 5.41 Å². The highest BCUT2D eigenvalue weighted by molar-refractivity contribution is 7.69. The van der Waals surface area contributed by atoms with E-state index in [0.29, 0.717) is 11.1 Å². The lowest BCUT2D eigenvalue weighted by Gasteiger charge is -2.35. The smallest absolute Gasteiger partial charge is 0.150 e. The number of para-hydroxylation sites is 2. The van der Waals surface area contributed by atoms with Crippen LogP contribution in [0.15, 0.2) is 291 Å². The van der Waals surface area contributed by atoms with Crippen LogP contribution in [0.3, 0.4) is 0 Å². The maximum Gasteiger partial charge on any atom is 0.150 e. The highest BCUT2D eigenvalue weighted by atomic mass is 31.1. The summed E-state index contributed by atoms with van der Waals surface area (Å²) in [4.78, 5) is 0. The SMILES string of the molecule is N#Cc1ccc(-n2c3ccccc3c3cc(C4(c5ccc6c(c5)c5ccccc5n6-c5ccc(C#N)cc5)c5cc(OP(c6ccccc6)c6ccccc6)ccc5-c5ccc(OP(c6ccccc6)c6ccccc6)cc54)ccc32)cc1. The Morgan fingerprint density at radius 2 is 0.651 bits per heavy atom. The van der Waals surface area contributed by atoms with E-state index in [2.05, 4.69) is 264 Å². The van der Waals surface area contributed by atoms with Crippen molar-refractivity contribution in [2.24, 2.45) is 0 Å². The van der Waals surface area contributed by atoms with E-state index in [4.69, 9.17) is 9.05 Å². The summed E-state index contributed by atoms with van der Waals surface area (Å²) in [6, 6.07) is 107. The van der Waals surface area contributed by atoms with Gasteiger partial charge in [-0.25, -0.2) is 0 Å². The largest absolute Gasteiger partial charge is 0.464 e. The maximum absolute atomic E-state index is 9.82. The summed E-state index contributed by atoms with van der Waals surface area (Å²) in [6.07, 6.45) is 0. The zero-order chi connectivity index (χ0) is 55.4. The van der Waals surface area contributed by atoms with Crippen molar-refractivity contribution in [2.75, 3.05) is 0 Å². The molecule has 0 spiro atoms. The third-order valence-electron chi connectivity index (χ3n) is 16.2. The van der Waals surface area contributed by atoms with Gasteiger partial charge in [-0.1, -0.05) is 182 Å². The number of aromatic nitrogens is 2. The predicted octanol–water partition coefficient (Wildman–Crippen LogP) is 16.8. The van der Waals surface area contributed by atoms with Gasteiger partial charge in [0.2, 0.25) is 0 Å². The summed E-state index contributed by atoms with van der Waals surface area (Å²) in [5.41, 5.74) is 13.0. The molecular weight excluding hydrogens is 1050 g/mol. The van der Waals surface area contributed by atoms with Gasteiger partial charge in [0.05, 0.1) is 50.7 Å². The number of nitriles is 2. The summed E-state index contributed by atoms with van der Waals surface area (Å²) >= 11 is 0. The molecule has 15 rings (SSSR count). The van der Waals surface area contributed by atoms with Crippen LogP contribution in [0.1, 0.15) is 33.4 Å². The Morgan fingerprint density at radius 3 is 1.01 bits per heavy atom. The van der Waals surface area contributed by atoms with Crippen molar-refractivity contribution < 1.29 is 9.05 Å². The Bertz CT molecular complexity index is 4480. The van der Waals surface area contributed by atoms with Gasteiger partial charge in [-0.2, -0.15) is 10.5 Å². The van der Waals surface area contributed by atoms with E-state index in [-0.39, 0.29) is 0 Å². The second-order valence-corrected chi connectivity index (χ2v) is 24.4. The fourth-order valence-corrected chi connectivity index (χ4v) is 15.9. The molecule has 0 bridgehead atoms. The Hall–Kier alpha value is -10.3. The van der Waals surface area contributed by atoms with Gasteiger partial charge in [0.1, 0.15) is 11.5 Å². The van der Waals surface area contributed by atoms with E-state index >= 15 is 0 Å². The zero-order valence-electron chi connectivity index (χ0n) is 44.7. The lowest BCUT2D eigenvalue weighted by molar-refractivity contribution is 0.622. The van der Waals surface area contributed by atoms with Crippen LogP contribution in [-0.4, -0.2) is 9.13 Å². The number of benzene rings is 12. The van der Waals surface area contributed by atoms with Gasteiger partial charge >= 0.3 is 0 Å². The van der Waals surface area contributed by atoms with E-state index < -0.39 is 21.7 Å². The average molecular weight is 1100 g/mol. The lowest BCUT2D eigenvalue weighted by Crippen LogP contribution is -2.29. The van der Waals surface area contributed by atoms with Gasteiger partial charge in [0.15, 0.2) is 16.3 Å². The van der Waals surface area contributed by atoms with Crippen LogP contribution in [0, 0.1) is 22.7 Å². The number of hydrogen-bond donors (Lipinski definition) is 0. The highest BCUT2D eigenvalue weighted by Crippen LogP contribution is 2.59. The molecule has 0 N–H and O–H groups in total. The molecule has 6 nitrogen and oxygen atoms in total. The van der Waals surface area contributed by atoms with Crippen molar-refractivity contribution in [3.63, 3.8) is 0 Å². The standard InChI is InChI=1S/C75H48N4O2P2/c76-49-51-29-35-55(36-30-51)78-71-27-15-13-25-65(71)67-45-53(33-43-73(67)78)75(54-34-44-74-68(46-54)66-26-14-16-28-72(66)79(74)56-37-31-52(50-77)32-38-56)69-47-57(80-82(59-17-5-1-6-18-59)60-19-7-2-8-20-60)39-41-63(69)64-42-40-58(48-70(64)75)81-83(61-21-9-3-10-22-61)62-23-11-4-12-24-62/h1-48H. The van der Waals surface area contributed by atoms with Crippen LogP contribution >= 0.6 is 16.3 Å². The molecular formula is C75H48N4O2P2. The molecule has 14 aromatic rings. The van der Waals surface area contributed by atoms with E-state index in [9.17, 15) is 10.5 Å². The predicted molar refractivity (Wildman–Crippen MR) is 341 cm³/mol. The first-order valence-electron chi connectivity index (χ1n) is 27.6. The van der Waals surface area contributed by atoms with Crippen LogP contribution in [0.5, 0.6) is 11.5 Å². The third-order valence-corrected chi connectivity index (χ3v) is 20.0. The zero-order valence-corrected chi connectivity index (χ0v) is 46.5. The van der Waals surface area contributed by atoms with Crippen LogP contribution in [0.25, 0.3) is 66.1 Å². The van der Waals surface area contributed by atoms with Gasteiger partial charge in [-0.05, 0) is 143 Å². The molecule has 0 radical (unpaired) electrons. The van der Waals surface area contributed by atoms with Crippen LogP contribution in [0.2, 0.25) is 0 Å². The molecule has 1 aliphatic carbocycles. The normalized spacial score (nSPS) is 12.4. The number of hydrogen-bond acceptors (Lipinski definition) is 4. The molecule has 2 aromatic heterocycles. The molecule has 0 fully saturated rings. The minimum Gasteiger partial charge on any atom is -0.464 e. The monoisotopic (exact) mass is 1100 g/mol. The van der Waals surface area contributed by atoms with Crippen molar-refractivity contribution in [3.8, 4) is 46.1 Å². The minimum absolute atomic E-state index is 0.612. The minimum atomic E-state index is -1.28. The fourth-order valence-electron chi connectivity index (χ4n) is 12.5. The maximum atomic E-state index is 9.82. The first-order valence-corrected chi connectivity index (χ1v) is 30.1. The van der Waals surface area contributed by atoms with Crippen LogP contribution < -0.4 is 30.3 Å². The van der Waals surface area contributed by atoms with E-state index in [1.807, 2.05) is 48.5 Å². The van der Waals surface area contributed by atoms with E-state index in [0.717, 1.165) is 121 Å². The molecule has 2 heterocycles. The first-order chi connectivity index (χ1) is 41.0. The van der Waals surface area contributed by atoms with Crippen molar-refractivity contribution in [1.29, 1.82) is 10.5 Å². The average Bonchev–Trinajstić information content (AvgIpc) is 4.19. The van der Waals surface area contributed by atoms with E-state index in [1.54, 1.807) is 0 Å². The summed E-state index contributed by atoms with van der Waals surface area (Å²) in [5.74, 6) is 1.54. The van der Waals surface area contributed by atoms with Gasteiger partial charge in [0.25, 0.3) is 0 Å². The number of rotatable bonds is 12. The van der Waals surface area contributed by atoms with Crippen LogP contribution in [0.4, 0.5) is 0 Å². The Morgan fingerprint density at radius 1 is 0.313 bits per heavy atom. The molecule has 0 saturated heterocycles. The Kier molecular flexibility index (Phi) is 12.4. The topological polar surface area (TPSA) is 75.9 Å². The summed E-state index contributed by atoms with van der Waals surface area (Å²) in [5, 5.41) is 28.6. The van der Waals surface area contributed by atoms with Crippen molar-refractivity contribution in [1.82, 2.24) is 9.13 Å². The summed E-state index contributed by atoms with van der Waals surface area (Å²) in [7, 11) is -2.57. The van der Waals surface area contributed by atoms with Crippen molar-refractivity contribution in [3.05, 3.63) is 325 Å². The van der Waals surface area contributed by atoms with Gasteiger partial charge in [-0.3, -0.25) is 0 Å². The summed E-state index contributed by atoms with van der Waals surface area (Å²) < 4.78 is 19.5. The molecule has 0 amide bonds. The van der Waals surface area contributed by atoms with Crippen LogP contribution in [-0.2, 0) is 5.41 Å². The first kappa shape index (κ1) is 49.7. The molecule has 12 aromatic carbocycles. The quantitative estimate of drug-likeness (QED) is 0.114. The van der Waals surface area contributed by atoms with Crippen molar-refractivity contribution >= 4 is 81.1 Å². The molecule has 1 aliphatic rings. The highest BCUT2D eigenvalue weighted by Gasteiger charge is 2.48. The summed E-state index contributed by atoms with van der Waals surface area (Å²) in [6.45, 7) is 0. The molecule has 0 atom stereocenters. The second kappa shape index (κ2) is 20.7. The van der Waals surface area contributed by atoms with E-state index in [1.165, 1.54) is 0 Å². The molecule has 8 heteroatoms. The Labute approximate surface area is 483 Å². The van der Waals surface area contributed by atoms with Gasteiger partial charge < -0.3 is 18.2 Å². The molecule has 0 unspecified atom stereocenters. The molecule has 390 valence electrons. The molecule has 0 saturated carbocycles. The second-order valence-electron chi connectivity index (χ2n) is 20.8. The number of nitrogens with zero attached hydrogens (tertiary/aromatic N) is 4. The Balaban J connectivity index is 1.03. The third kappa shape index (κ3) is 8.39. The lowest BCUT2D eigenvalue weighted by atomic mass is 9.67.